The largest absolute Gasteiger partial charge is 0.488 e. The number of aromatic nitrogens is 1. The van der Waals surface area contributed by atoms with E-state index in [0.29, 0.717) is 17.7 Å². The quantitative estimate of drug-likeness (QED) is 0.823. The summed E-state index contributed by atoms with van der Waals surface area (Å²) in [5.41, 5.74) is -1.77. The van der Waals surface area contributed by atoms with Gasteiger partial charge in [0, 0.05) is 6.07 Å². The minimum absolute atomic E-state index is 0.0962. The standard InChI is InChI=1S/C19H19F3N4O/c1-3-12-26-16(14-9-5-4-6-10-14)25-18(17(26)27,19(20,21)22)24-15-11-7-8-13(2)23-15/h4-11H,3,12H2,1-2H3,(H,23,24)/p+2/t18-/m1/s1. The molecule has 1 aromatic heterocycles. The van der Waals surface area contributed by atoms with E-state index in [9.17, 15) is 18.0 Å². The number of aryl methyl sites for hydroxylation is 1. The summed E-state index contributed by atoms with van der Waals surface area (Å²) in [7, 11) is 0. The fraction of sp³-hybridized carbons (Fsp3) is 0.316. The van der Waals surface area contributed by atoms with Crippen molar-refractivity contribution in [3.05, 3.63) is 59.8 Å². The first kappa shape index (κ1) is 18.9. The average Bonchev–Trinajstić information content (AvgIpc) is 2.90. The van der Waals surface area contributed by atoms with E-state index in [1.165, 1.54) is 6.07 Å². The molecule has 2 aromatic rings. The molecule has 1 atom stereocenters. The van der Waals surface area contributed by atoms with Gasteiger partial charge in [-0.15, -0.1) is 0 Å². The molecule has 3 rings (SSSR count). The minimum atomic E-state index is -4.87. The maximum atomic E-state index is 14.2. The molecule has 0 unspecified atom stereocenters. The molecular formula is C19H21F3N4O+2. The summed E-state index contributed by atoms with van der Waals surface area (Å²) in [6.45, 7) is 3.71. The predicted molar refractivity (Wildman–Crippen MR) is 93.7 cm³/mol. The van der Waals surface area contributed by atoms with Crippen LogP contribution in [0.5, 0.6) is 0 Å². The molecule has 27 heavy (non-hydrogen) atoms. The Bertz CT molecular complexity index is 867. The SMILES string of the molecule is CCCN1C(=O)[C@](Nc2cccc(C)[nH+]2)(C(F)(F)F)[NH+]=C1c1ccccc1. The van der Waals surface area contributed by atoms with Crippen molar-refractivity contribution < 1.29 is 27.9 Å². The number of carbonyl (C=O) groups excluding carboxylic acids is 1. The topological polar surface area (TPSA) is 60.5 Å². The van der Waals surface area contributed by atoms with Crippen LogP contribution in [0.25, 0.3) is 0 Å². The fourth-order valence-corrected chi connectivity index (χ4v) is 3.07. The van der Waals surface area contributed by atoms with E-state index in [2.05, 4.69) is 15.3 Å². The molecule has 0 fully saturated rings. The number of alkyl halides is 3. The van der Waals surface area contributed by atoms with Crippen molar-refractivity contribution in [2.75, 3.05) is 11.9 Å². The number of amidine groups is 1. The Morgan fingerprint density at radius 2 is 1.81 bits per heavy atom. The van der Waals surface area contributed by atoms with E-state index in [-0.39, 0.29) is 18.2 Å². The first-order valence-electron chi connectivity index (χ1n) is 8.65. The number of aromatic amines is 1. The Hall–Kier alpha value is -2.90. The van der Waals surface area contributed by atoms with Crippen molar-refractivity contribution >= 4 is 17.6 Å². The second-order valence-corrected chi connectivity index (χ2v) is 6.42. The van der Waals surface area contributed by atoms with Crippen LogP contribution in [0.1, 0.15) is 24.6 Å². The Morgan fingerprint density at radius 3 is 2.41 bits per heavy atom. The minimum Gasteiger partial charge on any atom is -0.245 e. The lowest BCUT2D eigenvalue weighted by Gasteiger charge is -2.20. The number of nitrogens with zero attached hydrogens (tertiary/aromatic N) is 1. The Kier molecular flexibility index (Phi) is 4.91. The van der Waals surface area contributed by atoms with Gasteiger partial charge in [0.25, 0.3) is 11.7 Å². The summed E-state index contributed by atoms with van der Waals surface area (Å²) in [6.07, 6.45) is -4.35. The van der Waals surface area contributed by atoms with Crippen LogP contribution in [-0.4, -0.2) is 35.0 Å². The molecule has 8 heteroatoms. The number of hydrogen-bond acceptors (Lipinski definition) is 2. The van der Waals surface area contributed by atoms with Crippen molar-refractivity contribution in [2.45, 2.75) is 32.1 Å². The highest BCUT2D eigenvalue weighted by molar-refractivity contribution is 6.11. The van der Waals surface area contributed by atoms with Gasteiger partial charge in [-0.25, -0.2) is 20.1 Å². The summed E-state index contributed by atoms with van der Waals surface area (Å²) >= 11 is 0. The normalized spacial score (nSPS) is 20.0. The molecule has 5 nitrogen and oxygen atoms in total. The molecule has 3 N–H and O–H groups in total. The highest BCUT2D eigenvalue weighted by atomic mass is 19.4. The lowest BCUT2D eigenvalue weighted by molar-refractivity contribution is -0.568. The van der Waals surface area contributed by atoms with Gasteiger partial charge in [-0.2, -0.15) is 18.1 Å². The molecule has 0 bridgehead atoms. The molecule has 1 aliphatic heterocycles. The molecule has 1 aromatic carbocycles. The number of hydrogen-bond donors (Lipinski definition) is 2. The number of amides is 1. The van der Waals surface area contributed by atoms with Crippen molar-refractivity contribution in [1.29, 1.82) is 0 Å². The third-order valence-corrected chi connectivity index (χ3v) is 4.32. The van der Waals surface area contributed by atoms with Gasteiger partial charge in [0.1, 0.15) is 0 Å². The zero-order valence-electron chi connectivity index (χ0n) is 15.0. The van der Waals surface area contributed by atoms with Gasteiger partial charge in [-0.1, -0.05) is 31.2 Å². The van der Waals surface area contributed by atoms with E-state index in [1.54, 1.807) is 49.4 Å². The molecular weight excluding hydrogens is 357 g/mol. The van der Waals surface area contributed by atoms with Gasteiger partial charge in [0.05, 0.1) is 17.8 Å². The van der Waals surface area contributed by atoms with Crippen LogP contribution in [0.4, 0.5) is 19.0 Å². The summed E-state index contributed by atoms with van der Waals surface area (Å²) in [5.74, 6) is -0.843. The summed E-state index contributed by atoms with van der Waals surface area (Å²) in [6, 6.07) is 13.3. The second kappa shape index (κ2) is 7.02. The van der Waals surface area contributed by atoms with E-state index >= 15 is 0 Å². The molecule has 0 aliphatic carbocycles. The van der Waals surface area contributed by atoms with E-state index < -0.39 is 17.7 Å². The summed E-state index contributed by atoms with van der Waals surface area (Å²) in [5, 5.41) is 2.37. The second-order valence-electron chi connectivity index (χ2n) is 6.42. The van der Waals surface area contributed by atoms with Gasteiger partial charge in [-0.05, 0) is 31.5 Å². The third-order valence-electron chi connectivity index (χ3n) is 4.32. The number of pyridine rings is 1. The Balaban J connectivity index is 2.14. The van der Waals surface area contributed by atoms with Crippen molar-refractivity contribution in [3.63, 3.8) is 0 Å². The van der Waals surface area contributed by atoms with Gasteiger partial charge < -0.3 is 0 Å². The van der Waals surface area contributed by atoms with Crippen LogP contribution in [0.3, 0.4) is 0 Å². The molecule has 1 amide bonds. The lowest BCUT2D eigenvalue weighted by atomic mass is 10.1. The van der Waals surface area contributed by atoms with Gasteiger partial charge in [0.15, 0.2) is 0 Å². The van der Waals surface area contributed by atoms with Gasteiger partial charge in [0.2, 0.25) is 0 Å². The molecule has 0 radical (unpaired) electrons. The van der Waals surface area contributed by atoms with Crippen LogP contribution in [-0.2, 0) is 4.79 Å². The predicted octanol–water partition coefficient (Wildman–Crippen LogP) is 1.26. The zero-order chi connectivity index (χ0) is 19.7. The van der Waals surface area contributed by atoms with Crippen LogP contribution < -0.4 is 15.3 Å². The maximum Gasteiger partial charge on any atom is 0.488 e. The molecule has 0 saturated heterocycles. The van der Waals surface area contributed by atoms with Crippen LogP contribution >= 0.6 is 0 Å². The number of rotatable bonds is 5. The van der Waals surface area contributed by atoms with Crippen molar-refractivity contribution in [2.24, 2.45) is 0 Å². The molecule has 0 saturated carbocycles. The molecule has 2 heterocycles. The van der Waals surface area contributed by atoms with Crippen molar-refractivity contribution in [3.8, 4) is 0 Å². The van der Waals surface area contributed by atoms with E-state index in [4.69, 9.17) is 0 Å². The fourth-order valence-electron chi connectivity index (χ4n) is 3.07. The Morgan fingerprint density at radius 1 is 1.11 bits per heavy atom. The lowest BCUT2D eigenvalue weighted by Crippen LogP contribution is -2.94. The monoisotopic (exact) mass is 378 g/mol. The van der Waals surface area contributed by atoms with Crippen molar-refractivity contribution in [1.82, 2.24) is 4.90 Å². The number of nitrogens with one attached hydrogen (secondary N) is 3. The number of halogens is 3. The Labute approximate surface area is 154 Å². The number of H-pyrrole nitrogens is 1. The van der Waals surface area contributed by atoms with Crippen LogP contribution in [0.2, 0.25) is 0 Å². The molecule has 1 aliphatic rings. The molecule has 0 spiro atoms. The highest BCUT2D eigenvalue weighted by Crippen LogP contribution is 2.31. The summed E-state index contributed by atoms with van der Waals surface area (Å²) in [4.78, 5) is 19.4. The average molecular weight is 378 g/mol. The first-order valence-corrected chi connectivity index (χ1v) is 8.65. The highest BCUT2D eigenvalue weighted by Gasteiger charge is 2.75. The number of benzene rings is 1. The summed E-state index contributed by atoms with van der Waals surface area (Å²) < 4.78 is 42.5. The van der Waals surface area contributed by atoms with E-state index in [1.807, 2.05) is 6.92 Å². The number of carbonyl (C=O) groups is 1. The van der Waals surface area contributed by atoms with E-state index in [0.717, 1.165) is 4.90 Å². The third kappa shape index (κ3) is 3.39. The van der Waals surface area contributed by atoms with Gasteiger partial charge in [-0.3, -0.25) is 0 Å². The van der Waals surface area contributed by atoms with Crippen LogP contribution in [0, 0.1) is 6.92 Å². The maximum absolute atomic E-state index is 14.2. The smallest absolute Gasteiger partial charge is 0.245 e. The zero-order valence-corrected chi connectivity index (χ0v) is 15.0. The van der Waals surface area contributed by atoms with Gasteiger partial charge >= 0.3 is 17.7 Å². The first-order chi connectivity index (χ1) is 12.8. The number of anilines is 1. The molecule has 142 valence electrons. The van der Waals surface area contributed by atoms with Crippen LogP contribution in [0.15, 0.2) is 48.5 Å².